The van der Waals surface area contributed by atoms with Crippen molar-refractivity contribution in [2.45, 2.75) is 35.5 Å². The van der Waals surface area contributed by atoms with Gasteiger partial charge in [-0.05, 0) is 23.8 Å². The van der Waals surface area contributed by atoms with E-state index in [1.165, 1.54) is 18.2 Å². The summed E-state index contributed by atoms with van der Waals surface area (Å²) in [7, 11) is -4.48. The molecule has 2 aromatic carbocycles. The fourth-order valence-electron chi connectivity index (χ4n) is 4.05. The molecular weight excluding hydrogens is 403 g/mol. The number of Topliss-reactive ketones (excluding diaryl/α,β-unsaturated/α-hetero) is 1. The lowest BCUT2D eigenvalue weighted by Gasteiger charge is -2.45. The van der Waals surface area contributed by atoms with E-state index in [1.807, 2.05) is 0 Å². The Morgan fingerprint density at radius 1 is 1.11 bits per heavy atom. The second kappa shape index (κ2) is 5.80. The van der Waals surface area contributed by atoms with E-state index in [2.05, 4.69) is 0 Å². The Labute approximate surface area is 158 Å². The van der Waals surface area contributed by atoms with Gasteiger partial charge in [-0.1, -0.05) is 41.9 Å². The first-order valence-electron chi connectivity index (χ1n) is 8.07. The van der Waals surface area contributed by atoms with Gasteiger partial charge in [0.05, 0.1) is 10.9 Å². The standard InChI is InChI=1S/C18H13ClF3NO3S/c19-12-6-7-16-14(8-12)17(18(20,21)22)10-13(24)9-15(23(17)27(16,25)26)11-4-2-1-3-5-11/h1-8,15H,9-10H2/t15-,17-/m1/s1. The number of carbonyl (C=O) groups is 1. The Morgan fingerprint density at radius 2 is 1.78 bits per heavy atom. The number of rotatable bonds is 1. The van der Waals surface area contributed by atoms with Crippen LogP contribution in [0.2, 0.25) is 5.02 Å². The first-order chi connectivity index (χ1) is 12.6. The van der Waals surface area contributed by atoms with E-state index in [0.717, 1.165) is 12.1 Å². The fourth-order valence-corrected chi connectivity index (χ4v) is 6.39. The Bertz CT molecular complexity index is 1040. The van der Waals surface area contributed by atoms with Crippen LogP contribution in [0.5, 0.6) is 0 Å². The predicted molar refractivity (Wildman–Crippen MR) is 91.6 cm³/mol. The predicted octanol–water partition coefficient (Wildman–Crippen LogP) is 4.21. The van der Waals surface area contributed by atoms with Crippen LogP contribution < -0.4 is 0 Å². The van der Waals surface area contributed by atoms with Crippen molar-refractivity contribution in [3.8, 4) is 0 Å². The molecule has 2 heterocycles. The van der Waals surface area contributed by atoms with Crippen molar-refractivity contribution in [2.24, 2.45) is 0 Å². The first kappa shape index (κ1) is 18.5. The number of sulfonamides is 1. The fraction of sp³-hybridized carbons (Fsp3) is 0.278. The quantitative estimate of drug-likeness (QED) is 0.701. The van der Waals surface area contributed by atoms with Gasteiger partial charge in [0.15, 0.2) is 5.54 Å². The molecule has 2 aromatic rings. The van der Waals surface area contributed by atoms with E-state index in [-0.39, 0.29) is 11.4 Å². The largest absolute Gasteiger partial charge is 0.412 e. The molecule has 0 unspecified atom stereocenters. The van der Waals surface area contributed by atoms with Crippen molar-refractivity contribution in [2.75, 3.05) is 0 Å². The van der Waals surface area contributed by atoms with Gasteiger partial charge >= 0.3 is 6.18 Å². The SMILES string of the molecule is O=C1C[C@H](c2ccccc2)N2[C@](C(F)(F)F)(C1)c1cc(Cl)ccc1S2(=O)=O. The summed E-state index contributed by atoms with van der Waals surface area (Å²) in [5.74, 6) is -0.652. The lowest BCUT2D eigenvalue weighted by Crippen LogP contribution is -2.59. The van der Waals surface area contributed by atoms with Gasteiger partial charge in [-0.2, -0.15) is 17.5 Å². The lowest BCUT2D eigenvalue weighted by molar-refractivity contribution is -0.233. The maximum atomic E-state index is 14.4. The number of nitrogens with zero attached hydrogens (tertiary/aromatic N) is 1. The van der Waals surface area contributed by atoms with Gasteiger partial charge < -0.3 is 0 Å². The average Bonchev–Trinajstić information content (AvgIpc) is 2.79. The number of hydrogen-bond acceptors (Lipinski definition) is 3. The van der Waals surface area contributed by atoms with Crippen LogP contribution in [-0.2, 0) is 20.4 Å². The first-order valence-corrected chi connectivity index (χ1v) is 9.89. The second-order valence-electron chi connectivity index (χ2n) is 6.65. The highest BCUT2D eigenvalue weighted by atomic mass is 35.5. The van der Waals surface area contributed by atoms with E-state index in [4.69, 9.17) is 11.6 Å². The molecule has 0 spiro atoms. The summed E-state index contributed by atoms with van der Waals surface area (Å²) >= 11 is 5.88. The molecule has 4 nitrogen and oxygen atoms in total. The summed E-state index contributed by atoms with van der Waals surface area (Å²) in [6, 6.07) is 9.97. The summed E-state index contributed by atoms with van der Waals surface area (Å²) in [6.07, 6.45) is -6.28. The minimum Gasteiger partial charge on any atom is -0.300 e. The van der Waals surface area contributed by atoms with Gasteiger partial charge in [0.2, 0.25) is 10.0 Å². The number of alkyl halides is 3. The van der Waals surface area contributed by atoms with E-state index in [1.54, 1.807) is 18.2 Å². The Balaban J connectivity index is 2.07. The van der Waals surface area contributed by atoms with Gasteiger partial charge in [-0.15, -0.1) is 0 Å². The number of benzene rings is 2. The molecule has 1 saturated heterocycles. The number of carbonyl (C=O) groups excluding carboxylic acids is 1. The Kier molecular flexibility index (Phi) is 3.96. The number of hydrogen-bond donors (Lipinski definition) is 0. The average molecular weight is 416 g/mol. The molecule has 0 bridgehead atoms. The maximum Gasteiger partial charge on any atom is 0.412 e. The molecule has 0 aliphatic carbocycles. The van der Waals surface area contributed by atoms with E-state index in [9.17, 15) is 26.4 Å². The number of halogens is 4. The monoisotopic (exact) mass is 415 g/mol. The van der Waals surface area contributed by atoms with Crippen LogP contribution in [0, 0.1) is 0 Å². The summed E-state index contributed by atoms with van der Waals surface area (Å²) < 4.78 is 70.0. The molecule has 0 radical (unpaired) electrons. The molecule has 0 amide bonds. The zero-order chi connectivity index (χ0) is 19.6. The zero-order valence-corrected chi connectivity index (χ0v) is 15.3. The topological polar surface area (TPSA) is 54.5 Å². The molecule has 2 atom stereocenters. The summed E-state index contributed by atoms with van der Waals surface area (Å²) in [6.45, 7) is 0. The highest BCUT2D eigenvalue weighted by Crippen LogP contribution is 2.61. The van der Waals surface area contributed by atoms with Gasteiger partial charge in [-0.3, -0.25) is 4.79 Å². The Morgan fingerprint density at radius 3 is 2.41 bits per heavy atom. The van der Waals surface area contributed by atoms with Crippen LogP contribution in [0.25, 0.3) is 0 Å². The van der Waals surface area contributed by atoms with Crippen molar-refractivity contribution in [3.63, 3.8) is 0 Å². The van der Waals surface area contributed by atoms with Crippen LogP contribution in [0.1, 0.15) is 30.0 Å². The molecule has 0 saturated carbocycles. The molecule has 2 aliphatic heterocycles. The second-order valence-corrected chi connectivity index (χ2v) is 8.87. The third kappa shape index (κ3) is 2.47. The van der Waals surface area contributed by atoms with Crippen LogP contribution in [-0.4, -0.2) is 24.7 Å². The number of piperidine rings is 1. The summed E-state index contributed by atoms with van der Waals surface area (Å²) in [4.78, 5) is 11.9. The number of fused-ring (bicyclic) bond motifs is 3. The molecule has 1 fully saturated rings. The normalized spacial score (nSPS) is 27.3. The minimum atomic E-state index is -5.00. The minimum absolute atomic E-state index is 0.0243. The number of ketones is 1. The molecule has 2 aliphatic rings. The van der Waals surface area contributed by atoms with Crippen molar-refractivity contribution >= 4 is 27.4 Å². The van der Waals surface area contributed by atoms with Gasteiger partial charge in [0, 0.05) is 23.4 Å². The zero-order valence-electron chi connectivity index (χ0n) is 13.7. The summed E-state index contributed by atoms with van der Waals surface area (Å²) in [5, 5.41) is -0.0243. The van der Waals surface area contributed by atoms with Crippen LogP contribution >= 0.6 is 11.6 Å². The molecule has 9 heteroatoms. The van der Waals surface area contributed by atoms with Crippen molar-refractivity contribution in [1.29, 1.82) is 0 Å². The van der Waals surface area contributed by atoms with Crippen molar-refractivity contribution < 1.29 is 26.4 Å². The molecule has 0 aromatic heterocycles. The molecule has 27 heavy (non-hydrogen) atoms. The van der Waals surface area contributed by atoms with Crippen LogP contribution in [0.3, 0.4) is 0 Å². The lowest BCUT2D eigenvalue weighted by atomic mass is 9.77. The van der Waals surface area contributed by atoms with Gasteiger partial charge in [-0.25, -0.2) is 8.42 Å². The molecule has 4 rings (SSSR count). The highest BCUT2D eigenvalue weighted by Gasteiger charge is 2.72. The van der Waals surface area contributed by atoms with E-state index < -0.39 is 50.4 Å². The summed E-state index contributed by atoms with van der Waals surface area (Å²) in [5.41, 5.74) is -3.11. The van der Waals surface area contributed by atoms with E-state index >= 15 is 0 Å². The van der Waals surface area contributed by atoms with Crippen LogP contribution in [0.4, 0.5) is 13.2 Å². The van der Waals surface area contributed by atoms with Crippen molar-refractivity contribution in [1.82, 2.24) is 4.31 Å². The Hall–Kier alpha value is -1.90. The molecular formula is C18H13ClF3NO3S. The molecule has 0 N–H and O–H groups in total. The van der Waals surface area contributed by atoms with Crippen LogP contribution in [0.15, 0.2) is 53.4 Å². The third-order valence-electron chi connectivity index (χ3n) is 5.11. The smallest absolute Gasteiger partial charge is 0.300 e. The maximum absolute atomic E-state index is 14.4. The highest BCUT2D eigenvalue weighted by molar-refractivity contribution is 7.89. The van der Waals surface area contributed by atoms with E-state index in [0.29, 0.717) is 9.87 Å². The molecule has 142 valence electrons. The third-order valence-corrected chi connectivity index (χ3v) is 7.34. The van der Waals surface area contributed by atoms with Gasteiger partial charge in [0.1, 0.15) is 5.78 Å². The van der Waals surface area contributed by atoms with Crippen molar-refractivity contribution in [3.05, 3.63) is 64.7 Å². The van der Waals surface area contributed by atoms with Gasteiger partial charge in [0.25, 0.3) is 0 Å².